The summed E-state index contributed by atoms with van der Waals surface area (Å²) in [5.41, 5.74) is 4.82. The van der Waals surface area contributed by atoms with Crippen LogP contribution >= 0.6 is 0 Å². The van der Waals surface area contributed by atoms with E-state index in [0.29, 0.717) is 11.1 Å². The molecule has 6 heteroatoms. The van der Waals surface area contributed by atoms with Crippen molar-refractivity contribution in [3.63, 3.8) is 0 Å². The third-order valence-electron chi connectivity index (χ3n) is 4.49. The fourth-order valence-corrected chi connectivity index (χ4v) is 2.73. The highest BCUT2D eigenvalue weighted by Gasteiger charge is 2.12. The number of benzene rings is 2. The monoisotopic (exact) mass is 363 g/mol. The molecule has 0 saturated carbocycles. The molecule has 27 heavy (non-hydrogen) atoms. The van der Waals surface area contributed by atoms with Gasteiger partial charge in [-0.05, 0) is 54.8 Å². The number of hydrogen-bond donors (Lipinski definition) is 3. The molecule has 1 aromatic heterocycles. The van der Waals surface area contributed by atoms with Crippen LogP contribution in [0.25, 0.3) is 11.3 Å². The summed E-state index contributed by atoms with van der Waals surface area (Å²) in [5.74, 6) is -0.212. The SMILES string of the molecule is Cc1cnnc(-c2ccc(C(=O)NCC(O)c3cccc(O)c3)cc2)c1C. The molecule has 138 valence electrons. The first kappa shape index (κ1) is 18.5. The highest BCUT2D eigenvalue weighted by atomic mass is 16.3. The van der Waals surface area contributed by atoms with Crippen molar-refractivity contribution < 1.29 is 15.0 Å². The van der Waals surface area contributed by atoms with E-state index in [0.717, 1.165) is 22.4 Å². The number of aromatic hydroxyl groups is 1. The molecule has 1 unspecified atom stereocenters. The lowest BCUT2D eigenvalue weighted by atomic mass is 10.0. The van der Waals surface area contributed by atoms with E-state index in [1.165, 1.54) is 12.1 Å². The summed E-state index contributed by atoms with van der Waals surface area (Å²) in [4.78, 5) is 12.3. The molecule has 1 amide bonds. The summed E-state index contributed by atoms with van der Waals surface area (Å²) in [6.07, 6.45) is 0.823. The van der Waals surface area contributed by atoms with Gasteiger partial charge >= 0.3 is 0 Å². The van der Waals surface area contributed by atoms with Gasteiger partial charge in [0.25, 0.3) is 5.91 Å². The average Bonchev–Trinajstić information content (AvgIpc) is 2.68. The molecule has 2 aromatic carbocycles. The number of aryl methyl sites for hydroxylation is 1. The Labute approximate surface area is 157 Å². The number of rotatable bonds is 5. The standard InChI is InChI=1S/C21H21N3O3/c1-13-11-23-24-20(14(13)2)15-6-8-16(9-7-15)21(27)22-12-19(26)17-4-3-5-18(25)10-17/h3-11,19,25-26H,12H2,1-2H3,(H,22,27). The van der Waals surface area contributed by atoms with Crippen LogP contribution in [-0.4, -0.2) is 32.9 Å². The third-order valence-corrected chi connectivity index (χ3v) is 4.49. The fourth-order valence-electron chi connectivity index (χ4n) is 2.73. The van der Waals surface area contributed by atoms with Gasteiger partial charge in [-0.15, -0.1) is 0 Å². The quantitative estimate of drug-likeness (QED) is 0.648. The zero-order valence-electron chi connectivity index (χ0n) is 15.2. The number of hydrogen-bond acceptors (Lipinski definition) is 5. The summed E-state index contributed by atoms with van der Waals surface area (Å²) < 4.78 is 0. The van der Waals surface area contributed by atoms with E-state index in [1.807, 2.05) is 26.0 Å². The Morgan fingerprint density at radius 1 is 1.15 bits per heavy atom. The van der Waals surface area contributed by atoms with Crippen LogP contribution in [0, 0.1) is 13.8 Å². The molecule has 0 aliphatic carbocycles. The highest BCUT2D eigenvalue weighted by Crippen LogP contribution is 2.22. The first-order valence-electron chi connectivity index (χ1n) is 8.60. The van der Waals surface area contributed by atoms with E-state index in [-0.39, 0.29) is 18.2 Å². The first-order chi connectivity index (χ1) is 13.0. The van der Waals surface area contributed by atoms with Crippen LogP contribution < -0.4 is 5.32 Å². The molecular weight excluding hydrogens is 342 g/mol. The molecule has 6 nitrogen and oxygen atoms in total. The summed E-state index contributed by atoms with van der Waals surface area (Å²) >= 11 is 0. The zero-order chi connectivity index (χ0) is 19.4. The first-order valence-corrected chi connectivity index (χ1v) is 8.60. The maximum absolute atomic E-state index is 12.3. The van der Waals surface area contributed by atoms with Gasteiger partial charge in [0.2, 0.25) is 0 Å². The highest BCUT2D eigenvalue weighted by molar-refractivity contribution is 5.94. The lowest BCUT2D eigenvalue weighted by Crippen LogP contribution is -2.28. The Morgan fingerprint density at radius 2 is 1.89 bits per heavy atom. The smallest absolute Gasteiger partial charge is 0.251 e. The van der Waals surface area contributed by atoms with Gasteiger partial charge < -0.3 is 15.5 Å². The molecule has 0 fully saturated rings. The van der Waals surface area contributed by atoms with Gasteiger partial charge in [0, 0.05) is 17.7 Å². The van der Waals surface area contributed by atoms with Crippen LogP contribution in [0.5, 0.6) is 5.75 Å². The molecule has 3 rings (SSSR count). The van der Waals surface area contributed by atoms with E-state index in [4.69, 9.17) is 0 Å². The Kier molecular flexibility index (Phi) is 5.47. The van der Waals surface area contributed by atoms with Crippen LogP contribution in [0.2, 0.25) is 0 Å². The van der Waals surface area contributed by atoms with E-state index in [9.17, 15) is 15.0 Å². The number of phenols is 1. The minimum absolute atomic E-state index is 0.0481. The van der Waals surface area contributed by atoms with Crippen molar-refractivity contribution in [2.45, 2.75) is 20.0 Å². The Bertz CT molecular complexity index is 955. The van der Waals surface area contributed by atoms with E-state index >= 15 is 0 Å². The molecule has 3 N–H and O–H groups in total. The van der Waals surface area contributed by atoms with Crippen LogP contribution in [0.4, 0.5) is 0 Å². The van der Waals surface area contributed by atoms with Crippen LogP contribution in [0.3, 0.4) is 0 Å². The number of nitrogens with zero attached hydrogens (tertiary/aromatic N) is 2. The van der Waals surface area contributed by atoms with Gasteiger partial charge in [0.15, 0.2) is 0 Å². The van der Waals surface area contributed by atoms with E-state index in [2.05, 4.69) is 15.5 Å². The number of aromatic nitrogens is 2. The number of amides is 1. The minimum Gasteiger partial charge on any atom is -0.508 e. The van der Waals surface area contributed by atoms with Gasteiger partial charge in [-0.1, -0.05) is 24.3 Å². The van der Waals surface area contributed by atoms with Gasteiger partial charge in [0.05, 0.1) is 18.0 Å². The molecule has 1 atom stereocenters. The molecule has 1 heterocycles. The van der Waals surface area contributed by atoms with Crippen molar-refractivity contribution in [2.24, 2.45) is 0 Å². The number of carbonyl (C=O) groups excluding carboxylic acids is 1. The second kappa shape index (κ2) is 7.97. The zero-order valence-corrected chi connectivity index (χ0v) is 15.2. The molecule has 0 spiro atoms. The Morgan fingerprint density at radius 3 is 2.59 bits per heavy atom. The van der Waals surface area contributed by atoms with Crippen molar-refractivity contribution in [2.75, 3.05) is 6.54 Å². The maximum Gasteiger partial charge on any atom is 0.251 e. The third kappa shape index (κ3) is 4.30. The predicted octanol–water partition coefficient (Wildman–Crippen LogP) is 2.93. The largest absolute Gasteiger partial charge is 0.508 e. The molecule has 3 aromatic rings. The van der Waals surface area contributed by atoms with Gasteiger partial charge in [0.1, 0.15) is 5.75 Å². The minimum atomic E-state index is -0.898. The second-order valence-corrected chi connectivity index (χ2v) is 6.40. The van der Waals surface area contributed by atoms with Crippen LogP contribution in [0.1, 0.15) is 33.2 Å². The lowest BCUT2D eigenvalue weighted by molar-refractivity contribution is 0.0916. The summed E-state index contributed by atoms with van der Waals surface area (Å²) in [6.45, 7) is 4.02. The summed E-state index contributed by atoms with van der Waals surface area (Å²) in [5, 5.41) is 30.5. The molecule has 0 bridgehead atoms. The summed E-state index contributed by atoms with van der Waals surface area (Å²) in [7, 11) is 0. The average molecular weight is 363 g/mol. The predicted molar refractivity (Wildman–Crippen MR) is 102 cm³/mol. The fraction of sp³-hybridized carbons (Fsp3) is 0.190. The van der Waals surface area contributed by atoms with Crippen molar-refractivity contribution >= 4 is 5.91 Å². The van der Waals surface area contributed by atoms with Crippen molar-refractivity contribution in [1.29, 1.82) is 0 Å². The molecular formula is C21H21N3O3. The lowest BCUT2D eigenvalue weighted by Gasteiger charge is -2.13. The number of carbonyl (C=O) groups is 1. The topological polar surface area (TPSA) is 95.3 Å². The maximum atomic E-state index is 12.3. The molecule has 0 aliphatic heterocycles. The van der Waals surface area contributed by atoms with E-state index in [1.54, 1.807) is 30.5 Å². The molecule has 0 aliphatic rings. The second-order valence-electron chi connectivity index (χ2n) is 6.40. The Hall–Kier alpha value is -3.25. The number of phenolic OH excluding ortho intramolecular Hbond substituents is 1. The van der Waals surface area contributed by atoms with Crippen molar-refractivity contribution in [3.8, 4) is 17.0 Å². The van der Waals surface area contributed by atoms with Crippen molar-refractivity contribution in [1.82, 2.24) is 15.5 Å². The Balaban J connectivity index is 1.66. The molecule has 0 saturated heterocycles. The molecule has 0 radical (unpaired) electrons. The van der Waals surface area contributed by atoms with Crippen molar-refractivity contribution in [3.05, 3.63) is 77.0 Å². The number of nitrogens with one attached hydrogen (secondary N) is 1. The van der Waals surface area contributed by atoms with Crippen LogP contribution in [0.15, 0.2) is 54.7 Å². The van der Waals surface area contributed by atoms with Gasteiger partial charge in [-0.2, -0.15) is 10.2 Å². The van der Waals surface area contributed by atoms with Gasteiger partial charge in [-0.3, -0.25) is 4.79 Å². The number of aliphatic hydroxyl groups excluding tert-OH is 1. The van der Waals surface area contributed by atoms with Crippen LogP contribution in [-0.2, 0) is 0 Å². The van der Waals surface area contributed by atoms with E-state index < -0.39 is 6.10 Å². The summed E-state index contributed by atoms with van der Waals surface area (Å²) in [6, 6.07) is 13.4. The normalized spacial score (nSPS) is 11.8. The number of aliphatic hydroxyl groups is 1. The van der Waals surface area contributed by atoms with Gasteiger partial charge in [-0.25, -0.2) is 0 Å².